The molecule has 0 atom stereocenters. The van der Waals surface area contributed by atoms with Crippen LogP contribution < -0.4 is 10.6 Å². The minimum Gasteiger partial charge on any atom is -0.302 e. The molecule has 0 aromatic carbocycles. The minimum atomic E-state index is -1.01. The SMILES string of the molecule is CCC=CCC1(CC)C(=O)NC(=S)NC1=O. The number of amides is 2. The predicted molar refractivity (Wildman–Crippen MR) is 65.7 cm³/mol. The highest BCUT2D eigenvalue weighted by atomic mass is 32.1. The summed E-state index contributed by atoms with van der Waals surface area (Å²) < 4.78 is 0. The van der Waals surface area contributed by atoms with E-state index < -0.39 is 5.41 Å². The first kappa shape index (κ1) is 12.8. The van der Waals surface area contributed by atoms with Gasteiger partial charge in [0, 0.05) is 0 Å². The van der Waals surface area contributed by atoms with Gasteiger partial charge in [-0.25, -0.2) is 0 Å². The van der Waals surface area contributed by atoms with Crippen LogP contribution in [-0.2, 0) is 9.59 Å². The van der Waals surface area contributed by atoms with E-state index in [1.54, 1.807) is 0 Å². The van der Waals surface area contributed by atoms with Gasteiger partial charge in [0.25, 0.3) is 0 Å². The molecule has 16 heavy (non-hydrogen) atoms. The topological polar surface area (TPSA) is 58.2 Å². The van der Waals surface area contributed by atoms with Crippen LogP contribution in [0.15, 0.2) is 12.2 Å². The summed E-state index contributed by atoms with van der Waals surface area (Å²) in [6, 6.07) is 0. The molecular weight excluding hydrogens is 224 g/mol. The predicted octanol–water partition coefficient (Wildman–Crippen LogP) is 1.27. The van der Waals surface area contributed by atoms with Crippen molar-refractivity contribution < 1.29 is 9.59 Å². The lowest BCUT2D eigenvalue weighted by atomic mass is 9.78. The fourth-order valence-corrected chi connectivity index (χ4v) is 1.87. The number of nitrogens with one attached hydrogen (secondary N) is 2. The molecule has 0 aliphatic carbocycles. The Bertz CT molecular complexity index is 330. The number of carbonyl (C=O) groups is 2. The third-order valence-corrected chi connectivity index (χ3v) is 3.00. The molecule has 0 bridgehead atoms. The van der Waals surface area contributed by atoms with Crippen LogP contribution in [0.2, 0.25) is 0 Å². The number of rotatable bonds is 4. The van der Waals surface area contributed by atoms with Crippen molar-refractivity contribution >= 4 is 29.1 Å². The average Bonchev–Trinajstić information content (AvgIpc) is 2.22. The second-order valence-electron chi connectivity index (χ2n) is 3.76. The minimum absolute atomic E-state index is 0.0959. The maximum absolute atomic E-state index is 11.9. The van der Waals surface area contributed by atoms with Gasteiger partial charge in [-0.1, -0.05) is 26.0 Å². The summed E-state index contributed by atoms with van der Waals surface area (Å²) in [4.78, 5) is 23.7. The summed E-state index contributed by atoms with van der Waals surface area (Å²) >= 11 is 4.76. The van der Waals surface area contributed by atoms with Gasteiger partial charge < -0.3 is 10.6 Å². The number of allylic oxidation sites excluding steroid dienone is 2. The first-order valence-electron chi connectivity index (χ1n) is 5.38. The fourth-order valence-electron chi connectivity index (χ4n) is 1.68. The Morgan fingerprint density at radius 1 is 1.19 bits per heavy atom. The zero-order chi connectivity index (χ0) is 12.2. The Hall–Kier alpha value is -1.23. The molecule has 0 spiro atoms. The molecule has 2 amide bonds. The Kier molecular flexibility index (Phi) is 4.18. The lowest BCUT2D eigenvalue weighted by Crippen LogP contribution is -2.61. The number of carbonyl (C=O) groups excluding carboxylic acids is 2. The summed E-state index contributed by atoms with van der Waals surface area (Å²) in [5.41, 5.74) is -1.01. The number of hydrogen-bond acceptors (Lipinski definition) is 3. The van der Waals surface area contributed by atoms with E-state index in [1.165, 1.54) is 0 Å². The van der Waals surface area contributed by atoms with Gasteiger partial charge >= 0.3 is 0 Å². The second kappa shape index (κ2) is 5.21. The lowest BCUT2D eigenvalue weighted by Gasteiger charge is -2.33. The lowest BCUT2D eigenvalue weighted by molar-refractivity contribution is -0.143. The highest BCUT2D eigenvalue weighted by molar-refractivity contribution is 7.80. The van der Waals surface area contributed by atoms with Crippen molar-refractivity contribution in [3.05, 3.63) is 12.2 Å². The van der Waals surface area contributed by atoms with Gasteiger partial charge in [0.2, 0.25) is 11.8 Å². The first-order valence-corrected chi connectivity index (χ1v) is 5.79. The van der Waals surface area contributed by atoms with Gasteiger partial charge in [-0.05, 0) is 31.5 Å². The van der Waals surface area contributed by atoms with Crippen LogP contribution in [-0.4, -0.2) is 16.9 Å². The molecule has 0 saturated carbocycles. The van der Waals surface area contributed by atoms with Gasteiger partial charge in [-0.15, -0.1) is 0 Å². The van der Waals surface area contributed by atoms with Gasteiger partial charge in [-0.3, -0.25) is 9.59 Å². The maximum Gasteiger partial charge on any atom is 0.242 e. The standard InChI is InChI=1S/C11H16N2O2S/c1-3-5-6-7-11(4-2)8(14)12-10(16)13-9(11)15/h5-6H,3-4,7H2,1-2H3,(H2,12,13,14,15,16). The van der Waals surface area contributed by atoms with E-state index in [0.29, 0.717) is 12.8 Å². The zero-order valence-electron chi connectivity index (χ0n) is 9.50. The molecule has 0 radical (unpaired) electrons. The summed E-state index contributed by atoms with van der Waals surface area (Å²) in [5, 5.41) is 5.11. The van der Waals surface area contributed by atoms with Crippen LogP contribution in [0.1, 0.15) is 33.1 Å². The quantitative estimate of drug-likeness (QED) is 0.442. The third-order valence-electron chi connectivity index (χ3n) is 2.80. The first-order chi connectivity index (χ1) is 7.56. The van der Waals surface area contributed by atoms with Gasteiger partial charge in [0.15, 0.2) is 5.11 Å². The molecule has 1 saturated heterocycles. The van der Waals surface area contributed by atoms with Crippen molar-refractivity contribution in [1.82, 2.24) is 10.6 Å². The van der Waals surface area contributed by atoms with E-state index in [9.17, 15) is 9.59 Å². The Labute approximate surface area is 100 Å². The zero-order valence-corrected chi connectivity index (χ0v) is 10.3. The number of hydrogen-bond donors (Lipinski definition) is 2. The molecule has 4 nitrogen and oxygen atoms in total. The fraction of sp³-hybridized carbons (Fsp3) is 0.545. The average molecular weight is 240 g/mol. The molecule has 0 aromatic rings. The Morgan fingerprint density at radius 3 is 2.19 bits per heavy atom. The molecule has 1 aliphatic heterocycles. The van der Waals surface area contributed by atoms with Crippen molar-refractivity contribution in [2.24, 2.45) is 5.41 Å². The molecule has 0 aromatic heterocycles. The Balaban J connectivity index is 2.91. The van der Waals surface area contributed by atoms with Crippen molar-refractivity contribution in [3.8, 4) is 0 Å². The van der Waals surface area contributed by atoms with Crippen LogP contribution in [0.3, 0.4) is 0 Å². The highest BCUT2D eigenvalue weighted by Gasteiger charge is 2.46. The number of thiocarbonyl (C=S) groups is 1. The molecule has 1 heterocycles. The van der Waals surface area contributed by atoms with E-state index in [1.807, 2.05) is 26.0 Å². The highest BCUT2D eigenvalue weighted by Crippen LogP contribution is 2.29. The second-order valence-corrected chi connectivity index (χ2v) is 4.17. The van der Waals surface area contributed by atoms with E-state index >= 15 is 0 Å². The van der Waals surface area contributed by atoms with Crippen molar-refractivity contribution in [2.75, 3.05) is 0 Å². The van der Waals surface area contributed by atoms with E-state index in [-0.39, 0.29) is 16.9 Å². The van der Waals surface area contributed by atoms with E-state index in [4.69, 9.17) is 12.2 Å². The van der Waals surface area contributed by atoms with Crippen molar-refractivity contribution in [3.63, 3.8) is 0 Å². The normalized spacial score (nSPS) is 19.8. The molecule has 2 N–H and O–H groups in total. The molecule has 1 aliphatic rings. The van der Waals surface area contributed by atoms with Crippen LogP contribution in [0.5, 0.6) is 0 Å². The smallest absolute Gasteiger partial charge is 0.242 e. The maximum atomic E-state index is 11.9. The van der Waals surface area contributed by atoms with E-state index in [0.717, 1.165) is 6.42 Å². The van der Waals surface area contributed by atoms with Gasteiger partial charge in [0.05, 0.1) is 0 Å². The molecule has 1 rings (SSSR count). The van der Waals surface area contributed by atoms with Crippen LogP contribution >= 0.6 is 12.2 Å². The summed E-state index contributed by atoms with van der Waals surface area (Å²) in [5.74, 6) is -0.603. The molecule has 5 heteroatoms. The van der Waals surface area contributed by atoms with Crippen LogP contribution in [0, 0.1) is 5.41 Å². The van der Waals surface area contributed by atoms with Gasteiger partial charge in [0.1, 0.15) is 5.41 Å². The van der Waals surface area contributed by atoms with Gasteiger partial charge in [-0.2, -0.15) is 0 Å². The van der Waals surface area contributed by atoms with Crippen LogP contribution in [0.25, 0.3) is 0 Å². The molecule has 1 fully saturated rings. The van der Waals surface area contributed by atoms with Crippen molar-refractivity contribution in [1.29, 1.82) is 0 Å². The third kappa shape index (κ3) is 2.29. The summed E-state index contributed by atoms with van der Waals surface area (Å²) in [6.07, 6.45) is 5.59. The summed E-state index contributed by atoms with van der Waals surface area (Å²) in [6.45, 7) is 3.83. The Morgan fingerprint density at radius 2 is 1.75 bits per heavy atom. The monoisotopic (exact) mass is 240 g/mol. The summed E-state index contributed by atoms with van der Waals surface area (Å²) in [7, 11) is 0. The van der Waals surface area contributed by atoms with E-state index in [2.05, 4.69) is 10.6 Å². The molecule has 88 valence electrons. The van der Waals surface area contributed by atoms with Crippen LogP contribution in [0.4, 0.5) is 0 Å². The molecular formula is C11H16N2O2S. The molecule has 0 unspecified atom stereocenters. The van der Waals surface area contributed by atoms with Crippen molar-refractivity contribution in [2.45, 2.75) is 33.1 Å². The largest absolute Gasteiger partial charge is 0.302 e.